The molecule has 42 heavy (non-hydrogen) atoms. The van der Waals surface area contributed by atoms with Crippen molar-refractivity contribution in [1.29, 1.82) is 0 Å². The number of carbonyl (C=O) groups is 8. The molecule has 0 aromatic rings. The Kier molecular flexibility index (Phi) is 18.7. The first kappa shape index (κ1) is 42.1. The average Bonchev–Trinajstić information content (AvgIpc) is 3.29. The first-order valence-corrected chi connectivity index (χ1v) is 13.2. The monoisotopic (exact) mass is 661 g/mol. The van der Waals surface area contributed by atoms with Gasteiger partial charge in [-0.25, -0.2) is 18.0 Å². The van der Waals surface area contributed by atoms with Gasteiger partial charge >= 0.3 is 83.0 Å². The minimum Gasteiger partial charge on any atom is -0.870 e. The van der Waals surface area contributed by atoms with Crippen molar-refractivity contribution in [2.75, 3.05) is 13.2 Å². The summed E-state index contributed by atoms with van der Waals surface area (Å²) in [6, 6.07) is 0. The number of nitrogens with zero attached hydrogens (tertiary/aromatic N) is 2. The molecule has 2 rings (SSSR count). The molecule has 0 saturated carbocycles. The van der Waals surface area contributed by atoms with Crippen molar-refractivity contribution < 1.29 is 143 Å². The summed E-state index contributed by atoms with van der Waals surface area (Å²) in [5, 5.41) is -4.08. The number of hydroxylamine groups is 4. The third kappa shape index (κ3) is 12.3. The van der Waals surface area contributed by atoms with Crippen molar-refractivity contribution in [3.05, 3.63) is 0 Å². The Labute approximate surface area is 282 Å². The van der Waals surface area contributed by atoms with Gasteiger partial charge in [0.25, 0.3) is 23.6 Å². The van der Waals surface area contributed by atoms with Gasteiger partial charge < -0.3 is 37.6 Å². The van der Waals surface area contributed by atoms with Crippen LogP contribution in [0.1, 0.15) is 38.5 Å². The summed E-state index contributed by atoms with van der Waals surface area (Å²) in [4.78, 5) is 102. The molecule has 0 spiro atoms. The van der Waals surface area contributed by atoms with Crippen molar-refractivity contribution in [3.63, 3.8) is 0 Å². The van der Waals surface area contributed by atoms with E-state index in [-0.39, 0.29) is 74.7 Å². The van der Waals surface area contributed by atoms with Gasteiger partial charge in [0.2, 0.25) is 0 Å². The van der Waals surface area contributed by atoms with Crippen molar-refractivity contribution in [1.82, 2.24) is 10.1 Å². The molecule has 2 fully saturated rings. The molecule has 2 heterocycles. The van der Waals surface area contributed by atoms with Crippen LogP contribution in [0, 0.1) is 0 Å². The first-order chi connectivity index (χ1) is 18.1. The van der Waals surface area contributed by atoms with Crippen LogP contribution < -0.4 is 59.1 Å². The van der Waals surface area contributed by atoms with Crippen LogP contribution >= 0.6 is 0 Å². The number of imide groups is 2. The van der Waals surface area contributed by atoms with Gasteiger partial charge in [0.05, 0.1) is 32.1 Å². The van der Waals surface area contributed by atoms with E-state index in [1.807, 2.05) is 0 Å². The third-order valence-electron chi connectivity index (χ3n) is 4.77. The van der Waals surface area contributed by atoms with E-state index >= 15 is 0 Å². The summed E-state index contributed by atoms with van der Waals surface area (Å²) in [5.74, 6) is -9.53. The predicted octanol–water partition coefficient (Wildman–Crippen LogP) is -9.51. The molecule has 1 N–H and O–H groups in total. The molecule has 4 amide bonds. The molecule has 0 aromatic heterocycles. The van der Waals surface area contributed by atoms with Crippen molar-refractivity contribution in [2.45, 2.75) is 49.0 Å². The summed E-state index contributed by atoms with van der Waals surface area (Å²) >= 11 is 0. The maximum Gasteiger partial charge on any atom is 1.00 e. The van der Waals surface area contributed by atoms with Gasteiger partial charge in [-0.15, -0.1) is 10.1 Å². The SMILES string of the molecule is O=C(CCC(=O)ON1C(=O)CC([S-](=O)=O)C1=O)OCCOC(=O)CCC(=O)ON1C(=O)CC(S(=O)(=O)[O-])C1=O.[Na+].[Na+].[OH-]. The van der Waals surface area contributed by atoms with Crippen LogP contribution in [0.5, 0.6) is 0 Å². The van der Waals surface area contributed by atoms with E-state index in [2.05, 4.69) is 19.1 Å². The van der Waals surface area contributed by atoms with E-state index in [0.29, 0.717) is 0 Å². The molecule has 20 nitrogen and oxygen atoms in total. The minimum atomic E-state index is -5.15. The normalized spacial score (nSPS) is 18.0. The number of rotatable bonds is 13. The van der Waals surface area contributed by atoms with Gasteiger partial charge in [-0.3, -0.25) is 28.8 Å². The summed E-state index contributed by atoms with van der Waals surface area (Å²) in [6.45, 7) is -0.966. The number of ether oxygens (including phenoxy) is 2. The van der Waals surface area contributed by atoms with Crippen LogP contribution in [0.25, 0.3) is 0 Å². The third-order valence-corrected chi connectivity index (χ3v) is 6.67. The zero-order chi connectivity index (χ0) is 29.5. The summed E-state index contributed by atoms with van der Waals surface area (Å²) in [7, 11) is -8.05. The molecular formula is C18H19N2Na2O18S2-. The van der Waals surface area contributed by atoms with Gasteiger partial charge in [-0.1, -0.05) is 10.7 Å². The molecular weight excluding hydrogens is 642 g/mol. The van der Waals surface area contributed by atoms with Gasteiger partial charge in [0.1, 0.15) is 28.6 Å². The van der Waals surface area contributed by atoms with Crippen LogP contribution in [0.3, 0.4) is 0 Å². The molecule has 0 bridgehead atoms. The summed E-state index contributed by atoms with van der Waals surface area (Å²) in [5.41, 5.74) is 0. The average molecular weight is 661 g/mol. The fourth-order valence-corrected chi connectivity index (χ4v) is 4.12. The zero-order valence-corrected chi connectivity index (χ0v) is 27.5. The quantitative estimate of drug-likeness (QED) is 0.0442. The van der Waals surface area contributed by atoms with Crippen LogP contribution in [0.2, 0.25) is 0 Å². The van der Waals surface area contributed by atoms with Crippen molar-refractivity contribution in [3.8, 4) is 0 Å². The Balaban J connectivity index is 0. The molecule has 2 saturated heterocycles. The zero-order valence-electron chi connectivity index (χ0n) is 21.9. The van der Waals surface area contributed by atoms with Gasteiger partial charge in [0, 0.05) is 11.7 Å². The molecule has 0 radical (unpaired) electrons. The second-order valence-electron chi connectivity index (χ2n) is 7.56. The van der Waals surface area contributed by atoms with E-state index in [1.54, 1.807) is 0 Å². The minimum absolute atomic E-state index is 0. The maximum atomic E-state index is 11.7. The molecule has 0 aliphatic carbocycles. The number of amides is 4. The summed E-state index contributed by atoms with van der Waals surface area (Å²) < 4.78 is 63.9. The molecule has 2 aliphatic rings. The Hall–Kier alpha value is -2.02. The van der Waals surface area contributed by atoms with Crippen LogP contribution in [0.4, 0.5) is 0 Å². The summed E-state index contributed by atoms with van der Waals surface area (Å²) in [6.07, 6.45) is -4.24. The van der Waals surface area contributed by atoms with E-state index in [9.17, 15) is 59.7 Å². The second-order valence-corrected chi connectivity index (χ2v) is 10.2. The van der Waals surface area contributed by atoms with E-state index in [1.165, 1.54) is 0 Å². The van der Waals surface area contributed by atoms with Gasteiger partial charge in [0.15, 0.2) is 0 Å². The van der Waals surface area contributed by atoms with Crippen LogP contribution in [-0.4, -0.2) is 99.8 Å². The Bertz CT molecular complexity index is 1270. The number of carbonyl (C=O) groups excluding carboxylic acids is 8. The molecule has 2 aliphatic heterocycles. The Morgan fingerprint density at radius 3 is 1.48 bits per heavy atom. The standard InChI is InChI=1S/C18H19N2O17S2.2Na.H2O/c21-11-7-9(38(29)30)17(27)19(11)36-15(25)3-1-13(23)34-5-6-35-14(24)2-4-16(26)37-20-12(22)8-10(18(20)28)39(31,32)33;;;/h9-10H,1-8H2,(H,31,32,33);;;1H2/q-1;2*+1;/p-2. The van der Waals surface area contributed by atoms with Crippen molar-refractivity contribution >= 4 is 68.3 Å². The predicted molar refractivity (Wildman–Crippen MR) is 113 cm³/mol. The molecule has 224 valence electrons. The first-order valence-electron chi connectivity index (χ1n) is 10.6. The topological polar surface area (TPSA) is 301 Å². The van der Waals surface area contributed by atoms with E-state index in [4.69, 9.17) is 0 Å². The van der Waals surface area contributed by atoms with Crippen LogP contribution in [0.15, 0.2) is 0 Å². The number of esters is 2. The van der Waals surface area contributed by atoms with E-state index < -0.39 is 131 Å². The number of hydrogen-bond acceptors (Lipinski definition) is 19. The maximum absolute atomic E-state index is 11.7. The molecule has 2 atom stereocenters. The fourth-order valence-electron chi connectivity index (χ4n) is 2.89. The second kappa shape index (κ2) is 18.6. The molecule has 0 aromatic carbocycles. The Morgan fingerprint density at radius 2 is 1.12 bits per heavy atom. The molecule has 2 unspecified atom stereocenters. The van der Waals surface area contributed by atoms with Gasteiger partial charge in [-0.2, -0.15) is 0 Å². The fraction of sp³-hybridized carbons (Fsp3) is 0.556. The van der Waals surface area contributed by atoms with Gasteiger partial charge in [-0.05, 0) is 0 Å². The van der Waals surface area contributed by atoms with Crippen molar-refractivity contribution in [2.24, 2.45) is 0 Å². The molecule has 24 heteroatoms. The number of hydrogen-bond donors (Lipinski definition) is 0. The van der Waals surface area contributed by atoms with E-state index in [0.717, 1.165) is 0 Å². The Morgan fingerprint density at radius 1 is 0.738 bits per heavy atom. The van der Waals surface area contributed by atoms with Crippen LogP contribution in [-0.2, 0) is 86.7 Å². The smallest absolute Gasteiger partial charge is 0.870 e. The largest absolute Gasteiger partial charge is 1.00 e.